The Kier molecular flexibility index (Phi) is 8.57. The van der Waals surface area contributed by atoms with Crippen LogP contribution < -0.4 is 11.1 Å². The number of rotatable bonds is 5. The van der Waals surface area contributed by atoms with Crippen molar-refractivity contribution in [3.63, 3.8) is 0 Å². The van der Waals surface area contributed by atoms with Gasteiger partial charge in [0.1, 0.15) is 0 Å². The van der Waals surface area contributed by atoms with Crippen LogP contribution in [-0.2, 0) is 4.79 Å². The summed E-state index contributed by atoms with van der Waals surface area (Å²) < 4.78 is 0. The van der Waals surface area contributed by atoms with E-state index in [1.165, 1.54) is 0 Å². The molecule has 0 aromatic rings. The van der Waals surface area contributed by atoms with Crippen LogP contribution >= 0.6 is 12.4 Å². The maximum Gasteiger partial charge on any atom is 0.234 e. The first kappa shape index (κ1) is 17.7. The van der Waals surface area contributed by atoms with Crippen molar-refractivity contribution < 1.29 is 4.79 Å². The van der Waals surface area contributed by atoms with Crippen molar-refractivity contribution in [1.82, 2.24) is 10.2 Å². The summed E-state index contributed by atoms with van der Waals surface area (Å²) in [5.41, 5.74) is 5.90. The Balaban J connectivity index is 0.00000289. The monoisotopic (exact) mass is 277 g/mol. The topological polar surface area (TPSA) is 58.4 Å². The van der Waals surface area contributed by atoms with E-state index in [0.717, 1.165) is 32.5 Å². The molecule has 1 heterocycles. The Morgan fingerprint density at radius 2 is 1.89 bits per heavy atom. The summed E-state index contributed by atoms with van der Waals surface area (Å²) in [6, 6.07) is 0.284. The first-order valence-corrected chi connectivity index (χ1v) is 6.73. The highest BCUT2D eigenvalue weighted by Crippen LogP contribution is 2.18. The van der Waals surface area contributed by atoms with E-state index in [0.29, 0.717) is 18.4 Å². The van der Waals surface area contributed by atoms with E-state index in [1.807, 2.05) is 0 Å². The lowest BCUT2D eigenvalue weighted by atomic mass is 9.91. The quantitative estimate of drug-likeness (QED) is 0.795. The molecule has 1 atom stereocenters. The molecule has 1 amide bonds. The highest BCUT2D eigenvalue weighted by molar-refractivity contribution is 5.85. The lowest BCUT2D eigenvalue weighted by molar-refractivity contribution is -0.122. The van der Waals surface area contributed by atoms with Crippen molar-refractivity contribution in [2.45, 2.75) is 39.7 Å². The number of piperidine rings is 1. The number of nitrogens with zero attached hydrogens (tertiary/aromatic N) is 1. The van der Waals surface area contributed by atoms with Gasteiger partial charge in [0.25, 0.3) is 0 Å². The van der Waals surface area contributed by atoms with Crippen LogP contribution in [0.4, 0.5) is 0 Å². The normalized spacial score (nSPS) is 19.4. The summed E-state index contributed by atoms with van der Waals surface area (Å²) in [7, 11) is 0. The molecule has 0 bridgehead atoms. The summed E-state index contributed by atoms with van der Waals surface area (Å²) in [5, 5.41) is 2.96. The minimum Gasteiger partial charge on any atom is -0.355 e. The lowest BCUT2D eigenvalue weighted by Gasteiger charge is -2.33. The molecule has 0 aromatic carbocycles. The number of hydrogen-bond donors (Lipinski definition) is 2. The van der Waals surface area contributed by atoms with E-state index in [9.17, 15) is 4.79 Å². The zero-order valence-electron chi connectivity index (χ0n) is 11.8. The van der Waals surface area contributed by atoms with Crippen molar-refractivity contribution in [3.8, 4) is 0 Å². The molecule has 0 saturated carbocycles. The van der Waals surface area contributed by atoms with Crippen molar-refractivity contribution in [2.24, 2.45) is 17.6 Å². The number of halogens is 1. The fourth-order valence-electron chi connectivity index (χ4n) is 2.21. The van der Waals surface area contributed by atoms with Gasteiger partial charge >= 0.3 is 0 Å². The molecule has 3 N–H and O–H groups in total. The molecule has 0 aromatic heterocycles. The van der Waals surface area contributed by atoms with Crippen molar-refractivity contribution in [3.05, 3.63) is 0 Å². The largest absolute Gasteiger partial charge is 0.355 e. The van der Waals surface area contributed by atoms with Crippen LogP contribution in [0, 0.1) is 11.8 Å². The van der Waals surface area contributed by atoms with E-state index in [1.54, 1.807) is 0 Å². The molecule has 1 rings (SSSR count). The molecule has 1 unspecified atom stereocenters. The van der Waals surface area contributed by atoms with Crippen LogP contribution in [0.2, 0.25) is 0 Å². The third-order valence-electron chi connectivity index (χ3n) is 3.45. The minimum absolute atomic E-state index is 0. The van der Waals surface area contributed by atoms with E-state index < -0.39 is 0 Å². The van der Waals surface area contributed by atoms with Crippen LogP contribution in [0.3, 0.4) is 0 Å². The number of hydrogen-bond acceptors (Lipinski definition) is 3. The molecule has 1 aliphatic rings. The summed E-state index contributed by atoms with van der Waals surface area (Å²) in [4.78, 5) is 13.9. The predicted molar refractivity (Wildman–Crippen MR) is 77.9 cm³/mol. The van der Waals surface area contributed by atoms with Gasteiger partial charge in [0.05, 0.1) is 6.54 Å². The van der Waals surface area contributed by atoms with Gasteiger partial charge in [0, 0.05) is 12.6 Å². The van der Waals surface area contributed by atoms with Gasteiger partial charge in [-0.1, -0.05) is 13.8 Å². The number of carbonyl (C=O) groups is 1. The molecular weight excluding hydrogens is 250 g/mol. The molecule has 0 aliphatic carbocycles. The standard InChI is InChI=1S/C13H27N3O.ClH/c1-10(2)8-15-13(17)9-16-6-4-12(5-7-16)11(3)14;/h10-12H,4-9,14H2,1-3H3,(H,15,17);1H. The summed E-state index contributed by atoms with van der Waals surface area (Å²) in [6.07, 6.45) is 2.24. The maximum atomic E-state index is 11.7. The highest BCUT2D eigenvalue weighted by Gasteiger charge is 2.22. The zero-order valence-corrected chi connectivity index (χ0v) is 12.6. The Labute approximate surface area is 117 Å². The van der Waals surface area contributed by atoms with Crippen LogP contribution in [0.15, 0.2) is 0 Å². The average Bonchev–Trinajstić information content (AvgIpc) is 2.27. The smallest absolute Gasteiger partial charge is 0.234 e. The van der Waals surface area contributed by atoms with Gasteiger partial charge in [-0.25, -0.2) is 0 Å². The molecule has 4 nitrogen and oxygen atoms in total. The Morgan fingerprint density at radius 3 is 2.33 bits per heavy atom. The number of amides is 1. The third-order valence-corrected chi connectivity index (χ3v) is 3.45. The fourth-order valence-corrected chi connectivity index (χ4v) is 2.21. The highest BCUT2D eigenvalue weighted by atomic mass is 35.5. The van der Waals surface area contributed by atoms with Crippen molar-refractivity contribution in [1.29, 1.82) is 0 Å². The second-order valence-corrected chi connectivity index (χ2v) is 5.67. The number of carbonyl (C=O) groups excluding carboxylic acids is 1. The number of likely N-dealkylation sites (tertiary alicyclic amines) is 1. The summed E-state index contributed by atoms with van der Waals surface area (Å²) >= 11 is 0. The molecule has 1 aliphatic heterocycles. The second kappa shape index (κ2) is 8.73. The lowest BCUT2D eigenvalue weighted by Crippen LogP contribution is -2.44. The number of nitrogens with one attached hydrogen (secondary N) is 1. The Bertz CT molecular complexity index is 238. The van der Waals surface area contributed by atoms with Crippen LogP contribution in [0.5, 0.6) is 0 Å². The molecule has 18 heavy (non-hydrogen) atoms. The van der Waals surface area contributed by atoms with Gasteiger partial charge in [-0.2, -0.15) is 0 Å². The predicted octanol–water partition coefficient (Wildman–Crippen LogP) is 1.24. The van der Waals surface area contributed by atoms with Crippen LogP contribution in [-0.4, -0.2) is 43.0 Å². The van der Waals surface area contributed by atoms with Crippen molar-refractivity contribution in [2.75, 3.05) is 26.2 Å². The molecule has 0 spiro atoms. The second-order valence-electron chi connectivity index (χ2n) is 5.67. The van der Waals surface area contributed by atoms with Gasteiger partial charge < -0.3 is 11.1 Å². The average molecular weight is 278 g/mol. The Morgan fingerprint density at radius 1 is 1.33 bits per heavy atom. The van der Waals surface area contributed by atoms with E-state index in [4.69, 9.17) is 5.73 Å². The molecule has 1 saturated heterocycles. The molecule has 1 fully saturated rings. The first-order chi connectivity index (χ1) is 7.99. The zero-order chi connectivity index (χ0) is 12.8. The summed E-state index contributed by atoms with van der Waals surface area (Å²) in [6.45, 7) is 9.61. The van der Waals surface area contributed by atoms with Gasteiger partial charge in [-0.3, -0.25) is 9.69 Å². The van der Waals surface area contributed by atoms with Gasteiger partial charge in [-0.05, 0) is 44.7 Å². The first-order valence-electron chi connectivity index (χ1n) is 6.73. The molecule has 5 heteroatoms. The third kappa shape index (κ3) is 6.57. The fraction of sp³-hybridized carbons (Fsp3) is 0.923. The maximum absolute atomic E-state index is 11.7. The van der Waals surface area contributed by atoms with Crippen LogP contribution in [0.1, 0.15) is 33.6 Å². The van der Waals surface area contributed by atoms with Crippen molar-refractivity contribution >= 4 is 18.3 Å². The van der Waals surface area contributed by atoms with Gasteiger partial charge in [0.2, 0.25) is 5.91 Å². The van der Waals surface area contributed by atoms with E-state index >= 15 is 0 Å². The van der Waals surface area contributed by atoms with Gasteiger partial charge in [-0.15, -0.1) is 12.4 Å². The molecule has 108 valence electrons. The molecule has 0 radical (unpaired) electrons. The molecular formula is C13H28ClN3O. The number of nitrogens with two attached hydrogens (primary N) is 1. The van der Waals surface area contributed by atoms with Crippen LogP contribution in [0.25, 0.3) is 0 Å². The van der Waals surface area contributed by atoms with Gasteiger partial charge in [0.15, 0.2) is 0 Å². The minimum atomic E-state index is 0. The Hall–Kier alpha value is -0.320. The van der Waals surface area contributed by atoms with E-state index in [-0.39, 0.29) is 24.4 Å². The summed E-state index contributed by atoms with van der Waals surface area (Å²) in [5.74, 6) is 1.30. The van der Waals surface area contributed by atoms with E-state index in [2.05, 4.69) is 31.0 Å². The SMILES string of the molecule is CC(C)CNC(=O)CN1CCC(C(C)N)CC1.Cl.